The topological polar surface area (TPSA) is 36.9 Å². The Morgan fingerprint density at radius 3 is 2.00 bits per heavy atom. The Kier molecular flexibility index (Phi) is 3.18. The highest BCUT2D eigenvalue weighted by Crippen LogP contribution is 2.76. The lowest BCUT2D eigenvalue weighted by atomic mass is 9.63. The van der Waals surface area contributed by atoms with Crippen LogP contribution in [0.2, 0.25) is 0 Å². The van der Waals surface area contributed by atoms with E-state index in [1.54, 1.807) is 0 Å². The minimum absolute atomic E-state index is 0.242. The van der Waals surface area contributed by atoms with E-state index in [-0.39, 0.29) is 10.8 Å². The van der Waals surface area contributed by atoms with Gasteiger partial charge in [0.15, 0.2) is 23.0 Å². The van der Waals surface area contributed by atoms with Gasteiger partial charge in [-0.05, 0) is 76.8 Å². The third-order valence-electron chi connectivity index (χ3n) is 8.39. The molecular formula is C24H26O4. The van der Waals surface area contributed by atoms with Crippen LogP contribution in [-0.2, 0) is 0 Å². The largest absolute Gasteiger partial charge is 0.454 e. The summed E-state index contributed by atoms with van der Waals surface area (Å²) in [4.78, 5) is 0. The molecule has 2 aromatic carbocycles. The Hall–Kier alpha value is -2.36. The molecule has 146 valence electrons. The van der Waals surface area contributed by atoms with Crippen molar-refractivity contribution in [3.05, 3.63) is 47.5 Å². The Bertz CT molecular complexity index is 965. The fourth-order valence-electron chi connectivity index (χ4n) is 6.60. The Balaban J connectivity index is 1.50. The first-order valence-electron chi connectivity index (χ1n) is 10.3. The molecule has 0 aromatic heterocycles. The molecule has 2 aliphatic carbocycles. The van der Waals surface area contributed by atoms with E-state index in [2.05, 4.69) is 57.2 Å². The van der Waals surface area contributed by atoms with Crippen molar-refractivity contribution in [3.8, 4) is 23.0 Å². The Morgan fingerprint density at radius 1 is 0.750 bits per heavy atom. The van der Waals surface area contributed by atoms with E-state index in [0.717, 1.165) is 23.0 Å². The predicted octanol–water partition coefficient (Wildman–Crippen LogP) is 5.47. The third kappa shape index (κ3) is 1.96. The lowest BCUT2D eigenvalue weighted by molar-refractivity contribution is 0.134. The van der Waals surface area contributed by atoms with E-state index in [1.807, 2.05) is 0 Å². The van der Waals surface area contributed by atoms with E-state index in [0.29, 0.717) is 31.3 Å². The molecule has 4 nitrogen and oxygen atoms in total. The summed E-state index contributed by atoms with van der Waals surface area (Å²) in [5.41, 5.74) is 3.25. The summed E-state index contributed by atoms with van der Waals surface area (Å²) in [6.07, 6.45) is 2.55. The molecule has 4 unspecified atom stereocenters. The van der Waals surface area contributed by atoms with Crippen molar-refractivity contribution >= 4 is 0 Å². The zero-order valence-corrected chi connectivity index (χ0v) is 16.7. The summed E-state index contributed by atoms with van der Waals surface area (Å²) in [5.74, 6) is 5.03. The standard InChI is InChI=1S/C24H26O4/c1-23(2)16-8-9-24(23,3)22(15-5-7-18-20(11-15)28-13-26-18)21(16)14-4-6-17-19(10-14)27-12-25-17/h4-7,10-11,16,21-22H,8-9,12-13H2,1-3H3. The van der Waals surface area contributed by atoms with Gasteiger partial charge in [0.05, 0.1) is 0 Å². The summed E-state index contributed by atoms with van der Waals surface area (Å²) in [5, 5.41) is 0. The maximum Gasteiger partial charge on any atom is 0.231 e. The second kappa shape index (κ2) is 5.37. The van der Waals surface area contributed by atoms with Crippen LogP contribution >= 0.6 is 0 Å². The number of hydrogen-bond acceptors (Lipinski definition) is 4. The van der Waals surface area contributed by atoms with Crippen molar-refractivity contribution in [3.63, 3.8) is 0 Å². The number of rotatable bonds is 2. The molecule has 0 N–H and O–H groups in total. The van der Waals surface area contributed by atoms with Gasteiger partial charge in [-0.3, -0.25) is 0 Å². The summed E-state index contributed by atoms with van der Waals surface area (Å²) < 4.78 is 22.5. The number of fused-ring (bicyclic) bond motifs is 4. The smallest absolute Gasteiger partial charge is 0.231 e. The van der Waals surface area contributed by atoms with Gasteiger partial charge in [-0.1, -0.05) is 32.9 Å². The van der Waals surface area contributed by atoms with Crippen LogP contribution in [-0.4, -0.2) is 13.6 Å². The average molecular weight is 378 g/mol. The van der Waals surface area contributed by atoms with Gasteiger partial charge in [-0.2, -0.15) is 0 Å². The van der Waals surface area contributed by atoms with Gasteiger partial charge in [-0.15, -0.1) is 0 Å². The van der Waals surface area contributed by atoms with Crippen molar-refractivity contribution in [1.29, 1.82) is 0 Å². The first-order chi connectivity index (χ1) is 13.5. The van der Waals surface area contributed by atoms with E-state index in [4.69, 9.17) is 18.9 Å². The van der Waals surface area contributed by atoms with Crippen molar-refractivity contribution in [2.24, 2.45) is 16.7 Å². The van der Waals surface area contributed by atoms with Crippen LogP contribution < -0.4 is 18.9 Å². The zero-order chi connectivity index (χ0) is 19.1. The fraction of sp³-hybridized carbons (Fsp3) is 0.500. The Labute approximate surface area is 165 Å². The van der Waals surface area contributed by atoms with Crippen LogP contribution in [0.3, 0.4) is 0 Å². The van der Waals surface area contributed by atoms with Crippen LogP contribution in [0.15, 0.2) is 36.4 Å². The molecule has 2 saturated carbocycles. The normalized spacial score (nSPS) is 33.5. The van der Waals surface area contributed by atoms with Crippen LogP contribution in [0.25, 0.3) is 0 Å². The fourth-order valence-corrected chi connectivity index (χ4v) is 6.60. The highest BCUT2D eigenvalue weighted by Gasteiger charge is 2.66. The van der Waals surface area contributed by atoms with Crippen molar-refractivity contribution in [1.82, 2.24) is 0 Å². The molecule has 0 radical (unpaired) electrons. The maximum atomic E-state index is 5.71. The van der Waals surface area contributed by atoms with Crippen LogP contribution in [0, 0.1) is 16.7 Å². The van der Waals surface area contributed by atoms with E-state index < -0.39 is 0 Å². The number of ether oxygens (including phenoxy) is 4. The SMILES string of the molecule is CC1(C)C2CCC1(C)C(c1ccc3c(c1)OCO3)C2c1ccc2c(c1)OCO2. The predicted molar refractivity (Wildman–Crippen MR) is 105 cm³/mol. The highest BCUT2D eigenvalue weighted by molar-refractivity contribution is 5.51. The van der Waals surface area contributed by atoms with Crippen molar-refractivity contribution < 1.29 is 18.9 Å². The molecule has 4 atom stereocenters. The van der Waals surface area contributed by atoms with Gasteiger partial charge in [-0.25, -0.2) is 0 Å². The molecule has 0 saturated heterocycles. The quantitative estimate of drug-likeness (QED) is 0.695. The highest BCUT2D eigenvalue weighted by atomic mass is 16.7. The first kappa shape index (κ1) is 16.6. The van der Waals surface area contributed by atoms with Crippen LogP contribution in [0.4, 0.5) is 0 Å². The summed E-state index contributed by atoms with van der Waals surface area (Å²) in [6, 6.07) is 13.1. The monoisotopic (exact) mass is 378 g/mol. The molecule has 2 fully saturated rings. The minimum atomic E-state index is 0.242. The van der Waals surface area contributed by atoms with Crippen LogP contribution in [0.1, 0.15) is 56.6 Å². The number of hydrogen-bond donors (Lipinski definition) is 0. The lowest BCUT2D eigenvalue weighted by Crippen LogP contribution is -2.31. The first-order valence-corrected chi connectivity index (χ1v) is 10.3. The van der Waals surface area contributed by atoms with Crippen LogP contribution in [0.5, 0.6) is 23.0 Å². The summed E-state index contributed by atoms with van der Waals surface area (Å²) >= 11 is 0. The molecule has 4 heteroatoms. The van der Waals surface area contributed by atoms with E-state index in [9.17, 15) is 0 Å². The van der Waals surface area contributed by atoms with E-state index >= 15 is 0 Å². The van der Waals surface area contributed by atoms with Gasteiger partial charge in [0.2, 0.25) is 13.6 Å². The number of benzene rings is 2. The minimum Gasteiger partial charge on any atom is -0.454 e. The van der Waals surface area contributed by atoms with Gasteiger partial charge in [0.25, 0.3) is 0 Å². The van der Waals surface area contributed by atoms with Gasteiger partial charge in [0, 0.05) is 0 Å². The van der Waals surface area contributed by atoms with Gasteiger partial charge >= 0.3 is 0 Å². The average Bonchev–Trinajstić information content (AvgIpc) is 3.41. The van der Waals surface area contributed by atoms with Gasteiger partial charge in [0.1, 0.15) is 0 Å². The molecule has 2 heterocycles. The molecular weight excluding hydrogens is 352 g/mol. The zero-order valence-electron chi connectivity index (χ0n) is 16.7. The molecule has 2 aliphatic heterocycles. The van der Waals surface area contributed by atoms with Crippen molar-refractivity contribution in [2.45, 2.75) is 45.4 Å². The summed E-state index contributed by atoms with van der Waals surface area (Å²) in [6.45, 7) is 8.08. The second-order valence-corrected chi connectivity index (χ2v) is 9.51. The van der Waals surface area contributed by atoms with E-state index in [1.165, 1.54) is 24.0 Å². The maximum absolute atomic E-state index is 5.71. The molecule has 4 aliphatic rings. The molecule has 0 spiro atoms. The second-order valence-electron chi connectivity index (χ2n) is 9.51. The van der Waals surface area contributed by atoms with Gasteiger partial charge < -0.3 is 18.9 Å². The van der Waals surface area contributed by atoms with Crippen molar-refractivity contribution in [2.75, 3.05) is 13.6 Å². The molecule has 0 amide bonds. The molecule has 2 bridgehead atoms. The molecule has 2 aromatic rings. The molecule has 6 rings (SSSR count). The Morgan fingerprint density at radius 2 is 1.32 bits per heavy atom. The lowest BCUT2D eigenvalue weighted by Gasteiger charge is -2.41. The molecule has 28 heavy (non-hydrogen) atoms. The summed E-state index contributed by atoms with van der Waals surface area (Å²) in [7, 11) is 0. The third-order valence-corrected chi connectivity index (χ3v) is 8.39.